The predicted octanol–water partition coefficient (Wildman–Crippen LogP) is 2.31. The Bertz CT molecular complexity index is 519. The molecule has 2 aliphatic carbocycles. The van der Waals surface area contributed by atoms with Crippen LogP contribution in [0.2, 0.25) is 0 Å². The van der Waals surface area contributed by atoms with Crippen molar-refractivity contribution in [2.24, 2.45) is 5.92 Å². The number of thioether (sulfide) groups is 1. The van der Waals surface area contributed by atoms with E-state index in [2.05, 4.69) is 9.78 Å². The highest BCUT2D eigenvalue weighted by Gasteiger charge is 2.50. The van der Waals surface area contributed by atoms with Crippen molar-refractivity contribution < 1.29 is 9.90 Å². The Balaban J connectivity index is 1.78. The second-order valence-corrected chi connectivity index (χ2v) is 6.84. The largest absolute Gasteiger partial charge is 0.476 e. The first-order valence-electron chi connectivity index (χ1n) is 6.68. The first kappa shape index (κ1) is 10.9. The summed E-state index contributed by atoms with van der Waals surface area (Å²) in [5.41, 5.74) is 2.65. The van der Waals surface area contributed by atoms with Crippen LogP contribution in [0.25, 0.3) is 0 Å². The smallest absolute Gasteiger partial charge is 0.356 e. The highest BCUT2D eigenvalue weighted by molar-refractivity contribution is 7.99. The molecule has 0 spiro atoms. The zero-order valence-corrected chi connectivity index (χ0v) is 10.9. The molecule has 1 aromatic heterocycles. The maximum absolute atomic E-state index is 11.3. The van der Waals surface area contributed by atoms with Gasteiger partial charge in [-0.2, -0.15) is 16.9 Å². The SMILES string of the molecule is O=C(O)c1nn(C2CCSCC2)c2c1C[C@H]1C[C@@H]21. The van der Waals surface area contributed by atoms with Gasteiger partial charge in [-0.05, 0) is 43.1 Å². The Morgan fingerprint density at radius 2 is 2.17 bits per heavy atom. The van der Waals surface area contributed by atoms with Gasteiger partial charge >= 0.3 is 5.97 Å². The van der Waals surface area contributed by atoms with Crippen LogP contribution in [0.4, 0.5) is 0 Å². The zero-order chi connectivity index (χ0) is 12.3. The standard InChI is InChI=1S/C13H16N2O2S/c16-13(17)11-10-6-7-5-9(7)12(10)15(14-11)8-1-3-18-4-2-8/h7-9H,1-6H2,(H,16,17)/t7-,9-/m1/s1. The van der Waals surface area contributed by atoms with Gasteiger partial charge in [0, 0.05) is 17.2 Å². The lowest BCUT2D eigenvalue weighted by atomic mass is 10.1. The van der Waals surface area contributed by atoms with Crippen molar-refractivity contribution in [2.75, 3.05) is 11.5 Å². The van der Waals surface area contributed by atoms with Crippen LogP contribution >= 0.6 is 11.8 Å². The number of rotatable bonds is 2. The Labute approximate surface area is 110 Å². The van der Waals surface area contributed by atoms with Crippen LogP contribution in [-0.4, -0.2) is 32.4 Å². The van der Waals surface area contributed by atoms with E-state index in [1.54, 1.807) is 0 Å². The van der Waals surface area contributed by atoms with Gasteiger partial charge in [-0.15, -0.1) is 0 Å². The monoisotopic (exact) mass is 264 g/mol. The minimum atomic E-state index is -0.850. The van der Waals surface area contributed by atoms with E-state index in [-0.39, 0.29) is 0 Å². The molecule has 1 N–H and O–H groups in total. The van der Waals surface area contributed by atoms with Crippen molar-refractivity contribution in [1.29, 1.82) is 0 Å². The second-order valence-electron chi connectivity index (χ2n) is 5.61. The van der Waals surface area contributed by atoms with Crippen LogP contribution in [-0.2, 0) is 6.42 Å². The average molecular weight is 264 g/mol. The minimum absolute atomic E-state index is 0.329. The van der Waals surface area contributed by atoms with Crippen molar-refractivity contribution >= 4 is 17.7 Å². The maximum Gasteiger partial charge on any atom is 0.356 e. The molecule has 1 aromatic rings. The van der Waals surface area contributed by atoms with Gasteiger partial charge in [0.25, 0.3) is 0 Å². The lowest BCUT2D eigenvalue weighted by molar-refractivity contribution is 0.0688. The van der Waals surface area contributed by atoms with E-state index < -0.39 is 5.97 Å². The summed E-state index contributed by atoms with van der Waals surface area (Å²) in [6, 6.07) is 0.437. The maximum atomic E-state index is 11.3. The zero-order valence-electron chi connectivity index (χ0n) is 10.1. The molecule has 0 aromatic carbocycles. The quantitative estimate of drug-likeness (QED) is 0.890. The number of carboxylic acids is 1. The first-order valence-corrected chi connectivity index (χ1v) is 7.83. The molecule has 1 saturated carbocycles. The number of carbonyl (C=O) groups is 1. The van der Waals surface area contributed by atoms with Gasteiger partial charge in [-0.1, -0.05) is 0 Å². The lowest BCUT2D eigenvalue weighted by Crippen LogP contribution is -2.18. The van der Waals surface area contributed by atoms with Crippen molar-refractivity contribution in [2.45, 2.75) is 37.6 Å². The molecule has 1 aliphatic heterocycles. The van der Waals surface area contributed by atoms with Crippen LogP contribution in [0.5, 0.6) is 0 Å². The molecule has 0 radical (unpaired) electrons. The molecule has 4 rings (SSSR count). The number of aromatic nitrogens is 2. The number of aromatic carboxylic acids is 1. The number of carboxylic acid groups (broad SMARTS) is 1. The third-order valence-corrected chi connectivity index (χ3v) is 5.58. The Morgan fingerprint density at radius 3 is 2.89 bits per heavy atom. The number of hydrogen-bond donors (Lipinski definition) is 1. The molecule has 0 amide bonds. The summed E-state index contributed by atoms with van der Waals surface area (Å²) >= 11 is 1.99. The number of nitrogens with zero attached hydrogens (tertiary/aromatic N) is 2. The van der Waals surface area contributed by atoms with E-state index in [4.69, 9.17) is 0 Å². The van der Waals surface area contributed by atoms with E-state index in [0.717, 1.165) is 30.7 Å². The summed E-state index contributed by atoms with van der Waals surface area (Å²) < 4.78 is 2.09. The third kappa shape index (κ3) is 1.46. The van der Waals surface area contributed by atoms with Crippen LogP contribution in [0.3, 0.4) is 0 Å². The summed E-state index contributed by atoms with van der Waals surface area (Å²) in [5.74, 6) is 2.85. The Hall–Kier alpha value is -0.970. The fourth-order valence-corrected chi connectivity index (χ4v) is 4.61. The Morgan fingerprint density at radius 1 is 1.39 bits per heavy atom. The molecule has 96 valence electrons. The summed E-state index contributed by atoms with van der Waals surface area (Å²) in [6.45, 7) is 0. The van der Waals surface area contributed by atoms with Crippen LogP contribution in [0.15, 0.2) is 0 Å². The topological polar surface area (TPSA) is 55.1 Å². The van der Waals surface area contributed by atoms with Gasteiger partial charge < -0.3 is 5.11 Å². The van der Waals surface area contributed by atoms with Gasteiger partial charge in [-0.3, -0.25) is 4.68 Å². The van der Waals surface area contributed by atoms with Gasteiger partial charge in [0.15, 0.2) is 5.69 Å². The minimum Gasteiger partial charge on any atom is -0.476 e. The van der Waals surface area contributed by atoms with Gasteiger partial charge in [-0.25, -0.2) is 4.79 Å². The number of fused-ring (bicyclic) bond motifs is 3. The first-order chi connectivity index (χ1) is 8.75. The molecule has 5 heteroatoms. The molecule has 2 heterocycles. The van der Waals surface area contributed by atoms with Gasteiger partial charge in [0.05, 0.1) is 6.04 Å². The van der Waals surface area contributed by atoms with Crippen LogP contribution in [0, 0.1) is 5.92 Å². The summed E-state index contributed by atoms with van der Waals surface area (Å²) in [7, 11) is 0. The van der Waals surface area contributed by atoms with E-state index in [1.165, 1.54) is 23.6 Å². The molecule has 2 atom stereocenters. The van der Waals surface area contributed by atoms with E-state index in [1.807, 2.05) is 11.8 Å². The molecule has 0 bridgehead atoms. The Kier molecular flexibility index (Phi) is 2.28. The predicted molar refractivity (Wildman–Crippen MR) is 69.3 cm³/mol. The highest BCUT2D eigenvalue weighted by atomic mass is 32.2. The van der Waals surface area contributed by atoms with Crippen LogP contribution < -0.4 is 0 Å². The van der Waals surface area contributed by atoms with Crippen molar-refractivity contribution in [3.8, 4) is 0 Å². The van der Waals surface area contributed by atoms with E-state index in [9.17, 15) is 9.90 Å². The normalized spacial score (nSPS) is 30.0. The van der Waals surface area contributed by atoms with E-state index in [0.29, 0.717) is 17.7 Å². The molecule has 0 unspecified atom stereocenters. The molecule has 2 fully saturated rings. The molecular formula is C13H16N2O2S. The van der Waals surface area contributed by atoms with Crippen LogP contribution in [0.1, 0.15) is 53.0 Å². The molecular weight excluding hydrogens is 248 g/mol. The van der Waals surface area contributed by atoms with E-state index >= 15 is 0 Å². The summed E-state index contributed by atoms with van der Waals surface area (Å²) in [6.07, 6.45) is 4.47. The van der Waals surface area contributed by atoms with Gasteiger partial charge in [0.2, 0.25) is 0 Å². The number of hydrogen-bond acceptors (Lipinski definition) is 3. The fourth-order valence-electron chi connectivity index (χ4n) is 3.53. The molecule has 4 nitrogen and oxygen atoms in total. The third-order valence-electron chi connectivity index (χ3n) is 4.53. The van der Waals surface area contributed by atoms with Crippen molar-refractivity contribution in [1.82, 2.24) is 9.78 Å². The highest BCUT2D eigenvalue weighted by Crippen LogP contribution is 2.57. The second kappa shape index (κ2) is 3.76. The van der Waals surface area contributed by atoms with Crippen molar-refractivity contribution in [3.63, 3.8) is 0 Å². The average Bonchev–Trinajstić information content (AvgIpc) is 2.88. The lowest BCUT2D eigenvalue weighted by Gasteiger charge is -2.23. The molecule has 3 aliphatic rings. The molecule has 18 heavy (non-hydrogen) atoms. The summed E-state index contributed by atoms with van der Waals surface area (Å²) in [5, 5.41) is 13.7. The summed E-state index contributed by atoms with van der Waals surface area (Å²) in [4.78, 5) is 11.3. The molecule has 1 saturated heterocycles. The van der Waals surface area contributed by atoms with Gasteiger partial charge in [0.1, 0.15) is 0 Å². The van der Waals surface area contributed by atoms with Crippen molar-refractivity contribution in [3.05, 3.63) is 17.0 Å². The fraction of sp³-hybridized carbons (Fsp3) is 0.692.